The number of fused-ring (bicyclic) bond motifs is 3. The molecule has 1 N–H and O–H groups in total. The molecule has 0 radical (unpaired) electrons. The third-order valence-corrected chi connectivity index (χ3v) is 4.13. The maximum Gasteiger partial charge on any atom is 0.344 e. The fraction of sp³-hybridized carbons (Fsp3) is 0.235. The lowest BCUT2D eigenvalue weighted by Gasteiger charge is -2.26. The summed E-state index contributed by atoms with van der Waals surface area (Å²) in [6.45, 7) is 0. The second-order valence-corrected chi connectivity index (χ2v) is 5.69. The van der Waals surface area contributed by atoms with Crippen LogP contribution >= 0.6 is 0 Å². The summed E-state index contributed by atoms with van der Waals surface area (Å²) in [6, 6.07) is 4.44. The van der Waals surface area contributed by atoms with E-state index in [-0.39, 0.29) is 33.6 Å². The zero-order valence-corrected chi connectivity index (χ0v) is 11.9. The van der Waals surface area contributed by atoms with Gasteiger partial charge in [0.1, 0.15) is 28.7 Å². The molecule has 1 aliphatic carbocycles. The van der Waals surface area contributed by atoms with Gasteiger partial charge in [0.05, 0.1) is 16.9 Å². The van der Waals surface area contributed by atoms with Crippen LogP contribution in [-0.2, 0) is 0 Å². The molecule has 1 heterocycles. The van der Waals surface area contributed by atoms with Gasteiger partial charge in [-0.15, -0.1) is 0 Å². The molecular formula is C17H12F2O4. The van der Waals surface area contributed by atoms with Gasteiger partial charge in [-0.05, 0) is 25.3 Å². The molecule has 1 aliphatic rings. The van der Waals surface area contributed by atoms with E-state index < -0.39 is 23.0 Å². The largest absolute Gasteiger partial charge is 0.508 e. The molecule has 1 aromatic heterocycles. The summed E-state index contributed by atoms with van der Waals surface area (Å²) in [4.78, 5) is 12.1. The van der Waals surface area contributed by atoms with Crippen LogP contribution in [0.2, 0.25) is 0 Å². The highest BCUT2D eigenvalue weighted by Crippen LogP contribution is 2.34. The Morgan fingerprint density at radius 2 is 1.83 bits per heavy atom. The molecular weight excluding hydrogens is 306 g/mol. The van der Waals surface area contributed by atoms with Crippen molar-refractivity contribution in [1.82, 2.24) is 0 Å². The van der Waals surface area contributed by atoms with Crippen LogP contribution in [0.4, 0.5) is 8.78 Å². The number of phenolic OH excluding ortho intramolecular Hbond substituents is 1. The maximum atomic E-state index is 14.5. The van der Waals surface area contributed by atoms with E-state index in [2.05, 4.69) is 0 Å². The molecule has 3 aromatic rings. The summed E-state index contributed by atoms with van der Waals surface area (Å²) in [6.07, 6.45) is 2.86. The number of phenols is 1. The maximum absolute atomic E-state index is 14.5. The van der Waals surface area contributed by atoms with Gasteiger partial charge in [-0.25, -0.2) is 13.6 Å². The van der Waals surface area contributed by atoms with Crippen molar-refractivity contribution in [3.05, 3.63) is 46.3 Å². The van der Waals surface area contributed by atoms with Crippen LogP contribution < -0.4 is 10.4 Å². The average molecular weight is 318 g/mol. The van der Waals surface area contributed by atoms with Gasteiger partial charge < -0.3 is 14.3 Å². The van der Waals surface area contributed by atoms with Crippen LogP contribution in [0, 0.1) is 11.6 Å². The molecule has 118 valence electrons. The summed E-state index contributed by atoms with van der Waals surface area (Å²) in [5.41, 5.74) is -1.01. The van der Waals surface area contributed by atoms with Crippen molar-refractivity contribution in [3.63, 3.8) is 0 Å². The minimum Gasteiger partial charge on any atom is -0.508 e. The number of rotatable bonds is 2. The molecule has 0 atom stereocenters. The molecule has 0 amide bonds. The molecule has 1 fully saturated rings. The Labute approximate surface area is 128 Å². The van der Waals surface area contributed by atoms with Crippen molar-refractivity contribution < 1.29 is 23.0 Å². The lowest BCUT2D eigenvalue weighted by molar-refractivity contribution is 0.120. The molecule has 0 aliphatic heterocycles. The first-order valence-electron chi connectivity index (χ1n) is 7.28. The van der Waals surface area contributed by atoms with Gasteiger partial charge in [0.15, 0.2) is 0 Å². The van der Waals surface area contributed by atoms with E-state index >= 15 is 0 Å². The number of halogens is 2. The van der Waals surface area contributed by atoms with E-state index in [0.29, 0.717) is 0 Å². The van der Waals surface area contributed by atoms with E-state index in [1.54, 1.807) is 0 Å². The van der Waals surface area contributed by atoms with E-state index in [9.17, 15) is 18.7 Å². The van der Waals surface area contributed by atoms with E-state index in [4.69, 9.17) is 9.15 Å². The Hall–Kier alpha value is -2.63. The summed E-state index contributed by atoms with van der Waals surface area (Å²) in [5, 5.41) is 8.97. The topological polar surface area (TPSA) is 59.7 Å². The number of aromatic hydroxyl groups is 1. The van der Waals surface area contributed by atoms with Gasteiger partial charge in [0.25, 0.3) is 0 Å². The summed E-state index contributed by atoms with van der Waals surface area (Å²) in [5.74, 6) is -1.80. The first-order chi connectivity index (χ1) is 11.0. The van der Waals surface area contributed by atoms with Crippen LogP contribution in [0.25, 0.3) is 21.7 Å². The van der Waals surface area contributed by atoms with Crippen molar-refractivity contribution in [3.8, 4) is 11.5 Å². The van der Waals surface area contributed by atoms with Crippen molar-refractivity contribution in [2.45, 2.75) is 25.4 Å². The van der Waals surface area contributed by atoms with E-state index in [1.807, 2.05) is 0 Å². The molecule has 0 saturated heterocycles. The summed E-state index contributed by atoms with van der Waals surface area (Å²) < 4.78 is 39.3. The molecule has 1 saturated carbocycles. The van der Waals surface area contributed by atoms with Crippen molar-refractivity contribution >= 4 is 21.7 Å². The zero-order chi connectivity index (χ0) is 16.1. The highest BCUT2D eigenvalue weighted by atomic mass is 19.1. The first-order valence-corrected chi connectivity index (χ1v) is 7.28. The molecule has 6 heteroatoms. The molecule has 23 heavy (non-hydrogen) atoms. The summed E-state index contributed by atoms with van der Waals surface area (Å²) in [7, 11) is 0. The van der Waals surface area contributed by atoms with Gasteiger partial charge in [0.2, 0.25) is 0 Å². The first kappa shape index (κ1) is 14.0. The minimum absolute atomic E-state index is 0.0213. The fourth-order valence-electron chi connectivity index (χ4n) is 2.79. The quantitative estimate of drug-likeness (QED) is 0.576. The predicted molar refractivity (Wildman–Crippen MR) is 79.8 cm³/mol. The number of hydrogen-bond donors (Lipinski definition) is 1. The van der Waals surface area contributed by atoms with Crippen molar-refractivity contribution in [1.29, 1.82) is 0 Å². The predicted octanol–water partition coefficient (Wildman–Crippen LogP) is 3.86. The van der Waals surface area contributed by atoms with E-state index in [1.165, 1.54) is 6.07 Å². The van der Waals surface area contributed by atoms with Gasteiger partial charge in [0, 0.05) is 23.6 Å². The average Bonchev–Trinajstić information content (AvgIpc) is 2.43. The van der Waals surface area contributed by atoms with Crippen LogP contribution in [0.3, 0.4) is 0 Å². The summed E-state index contributed by atoms with van der Waals surface area (Å²) >= 11 is 0. The van der Waals surface area contributed by atoms with Gasteiger partial charge in [-0.2, -0.15) is 0 Å². The van der Waals surface area contributed by atoms with Crippen molar-refractivity contribution in [2.75, 3.05) is 0 Å². The van der Waals surface area contributed by atoms with Crippen LogP contribution in [0.5, 0.6) is 11.5 Å². The highest BCUT2D eigenvalue weighted by molar-refractivity contribution is 6.05. The molecule has 4 rings (SSSR count). The minimum atomic E-state index is -0.861. The Balaban J connectivity index is 2.02. The van der Waals surface area contributed by atoms with Crippen LogP contribution in [-0.4, -0.2) is 11.2 Å². The molecule has 0 spiro atoms. The van der Waals surface area contributed by atoms with Gasteiger partial charge in [-0.1, -0.05) is 0 Å². The molecule has 0 unspecified atom stereocenters. The molecule has 0 bridgehead atoms. The van der Waals surface area contributed by atoms with Crippen molar-refractivity contribution in [2.24, 2.45) is 0 Å². The lowest BCUT2D eigenvalue weighted by atomic mass is 9.96. The van der Waals surface area contributed by atoms with E-state index in [0.717, 1.165) is 37.5 Å². The number of hydrogen-bond acceptors (Lipinski definition) is 4. The molecule has 2 aromatic carbocycles. The second-order valence-electron chi connectivity index (χ2n) is 5.69. The fourth-order valence-corrected chi connectivity index (χ4v) is 2.79. The number of benzene rings is 2. The highest BCUT2D eigenvalue weighted by Gasteiger charge is 2.22. The Kier molecular flexibility index (Phi) is 3.01. The van der Waals surface area contributed by atoms with Crippen LogP contribution in [0.15, 0.2) is 33.5 Å². The lowest BCUT2D eigenvalue weighted by Crippen LogP contribution is -2.24. The smallest absolute Gasteiger partial charge is 0.344 e. The third kappa shape index (κ3) is 2.21. The van der Waals surface area contributed by atoms with Gasteiger partial charge >= 0.3 is 5.63 Å². The number of ether oxygens (including phenoxy) is 1. The Morgan fingerprint density at radius 3 is 2.52 bits per heavy atom. The Morgan fingerprint density at radius 1 is 1.09 bits per heavy atom. The van der Waals surface area contributed by atoms with Crippen LogP contribution in [0.1, 0.15) is 19.3 Å². The zero-order valence-electron chi connectivity index (χ0n) is 11.9. The Bertz CT molecular complexity index is 989. The third-order valence-electron chi connectivity index (χ3n) is 4.13. The van der Waals surface area contributed by atoms with Gasteiger partial charge in [-0.3, -0.25) is 0 Å². The SMILES string of the molecule is O=c1oc2cc(O)cc(F)c2c2c(F)cc(OC3CCC3)cc12. The normalized spacial score (nSPS) is 15.0. The molecule has 4 nitrogen and oxygen atoms in total. The second kappa shape index (κ2) is 4.94. The monoisotopic (exact) mass is 318 g/mol. The standard InChI is InChI=1S/C17H12F2O4/c18-12-4-8(20)5-14-16(12)15-11(17(21)23-14)6-10(7-13(15)19)22-9-2-1-3-9/h4-7,9,20H,1-3H2.